The summed E-state index contributed by atoms with van der Waals surface area (Å²) in [5.74, 6) is -0.645. The number of aryl methyl sites for hydroxylation is 2. The van der Waals surface area contributed by atoms with Crippen LogP contribution in [0.15, 0.2) is 24.3 Å². The standard InChI is InChI=1S/C16H13F7N2OS/c1-7-5-9(14(17,15(18,19)20)16(21,22)23)6-8(2)12(7)25-13(26)10-3-4-11(24)27-10/h3-6H,24H2,1-2H3,(H,25,26). The summed E-state index contributed by atoms with van der Waals surface area (Å²) in [5.41, 5.74) is -1.95. The number of nitrogen functional groups attached to an aromatic ring is 1. The predicted molar refractivity (Wildman–Crippen MR) is 87.5 cm³/mol. The third kappa shape index (κ3) is 3.73. The van der Waals surface area contributed by atoms with Gasteiger partial charge >= 0.3 is 18.0 Å². The highest BCUT2D eigenvalue weighted by Gasteiger charge is 2.73. The molecular formula is C16H13F7N2OS. The van der Waals surface area contributed by atoms with Crippen molar-refractivity contribution in [3.8, 4) is 0 Å². The Morgan fingerprint density at radius 3 is 1.81 bits per heavy atom. The van der Waals surface area contributed by atoms with Crippen molar-refractivity contribution in [3.05, 3.63) is 45.8 Å². The number of nitrogens with one attached hydrogen (secondary N) is 1. The molecule has 0 spiro atoms. The molecule has 0 aliphatic carbocycles. The smallest absolute Gasteiger partial charge is 0.391 e. The molecule has 27 heavy (non-hydrogen) atoms. The fourth-order valence-electron chi connectivity index (χ4n) is 2.50. The maximum Gasteiger partial charge on any atom is 0.435 e. The summed E-state index contributed by atoms with van der Waals surface area (Å²) in [5, 5.41) is 2.74. The largest absolute Gasteiger partial charge is 0.435 e. The van der Waals surface area contributed by atoms with Crippen molar-refractivity contribution in [1.82, 2.24) is 0 Å². The maximum absolute atomic E-state index is 14.2. The van der Waals surface area contributed by atoms with E-state index in [9.17, 15) is 35.5 Å². The fraction of sp³-hybridized carbons (Fsp3) is 0.312. The van der Waals surface area contributed by atoms with Crippen LogP contribution in [0.25, 0.3) is 0 Å². The molecule has 148 valence electrons. The van der Waals surface area contributed by atoms with Crippen molar-refractivity contribution in [2.45, 2.75) is 31.9 Å². The van der Waals surface area contributed by atoms with Crippen molar-refractivity contribution < 1.29 is 35.5 Å². The molecule has 3 nitrogen and oxygen atoms in total. The van der Waals surface area contributed by atoms with E-state index in [1.165, 1.54) is 26.0 Å². The van der Waals surface area contributed by atoms with E-state index in [4.69, 9.17) is 5.73 Å². The lowest BCUT2D eigenvalue weighted by Gasteiger charge is -2.31. The first kappa shape index (κ1) is 21.0. The van der Waals surface area contributed by atoms with Gasteiger partial charge in [0.15, 0.2) is 0 Å². The molecule has 1 heterocycles. The van der Waals surface area contributed by atoms with Gasteiger partial charge in [-0.3, -0.25) is 4.79 Å². The molecule has 0 aliphatic rings. The lowest BCUT2D eigenvalue weighted by atomic mass is 9.90. The first-order valence-corrected chi connectivity index (χ1v) is 8.11. The molecule has 11 heteroatoms. The quantitative estimate of drug-likeness (QED) is 0.653. The van der Waals surface area contributed by atoms with Crippen molar-refractivity contribution in [2.24, 2.45) is 0 Å². The molecule has 1 amide bonds. The SMILES string of the molecule is Cc1cc(C(F)(C(F)(F)F)C(F)(F)F)cc(C)c1NC(=O)c1ccc(N)s1. The van der Waals surface area contributed by atoms with Crippen LogP contribution in [0.4, 0.5) is 41.4 Å². The number of nitrogens with two attached hydrogens (primary N) is 1. The Balaban J connectivity index is 2.49. The number of hydrogen-bond donors (Lipinski definition) is 2. The number of halogens is 7. The average molecular weight is 414 g/mol. The second-order valence-corrected chi connectivity index (χ2v) is 6.91. The second kappa shape index (κ2) is 6.70. The Kier molecular flexibility index (Phi) is 5.21. The number of hydrogen-bond acceptors (Lipinski definition) is 3. The molecule has 0 atom stereocenters. The van der Waals surface area contributed by atoms with E-state index in [0.717, 1.165) is 11.3 Å². The number of amides is 1. The second-order valence-electron chi connectivity index (χ2n) is 5.80. The van der Waals surface area contributed by atoms with E-state index in [0.29, 0.717) is 17.1 Å². The third-order valence-corrected chi connectivity index (χ3v) is 4.71. The van der Waals surface area contributed by atoms with Gasteiger partial charge in [0.05, 0.1) is 9.88 Å². The van der Waals surface area contributed by atoms with Gasteiger partial charge in [-0.1, -0.05) is 12.1 Å². The van der Waals surface area contributed by atoms with Crippen LogP contribution in [0, 0.1) is 13.8 Å². The molecule has 0 saturated carbocycles. The van der Waals surface area contributed by atoms with E-state index in [-0.39, 0.29) is 21.7 Å². The number of carbonyl (C=O) groups is 1. The lowest BCUT2D eigenvalue weighted by molar-refractivity contribution is -0.348. The summed E-state index contributed by atoms with van der Waals surface area (Å²) in [6.07, 6.45) is -12.4. The van der Waals surface area contributed by atoms with Crippen molar-refractivity contribution in [3.63, 3.8) is 0 Å². The number of anilines is 2. The molecule has 1 aromatic carbocycles. The number of benzene rings is 1. The van der Waals surface area contributed by atoms with E-state index in [1.807, 2.05) is 0 Å². The number of carbonyl (C=O) groups excluding carboxylic acids is 1. The minimum Gasteiger partial charge on any atom is -0.391 e. The number of rotatable bonds is 3. The average Bonchev–Trinajstić information content (AvgIpc) is 2.94. The van der Waals surface area contributed by atoms with Crippen LogP contribution in [0.2, 0.25) is 0 Å². The van der Waals surface area contributed by atoms with Gasteiger partial charge in [-0.2, -0.15) is 26.3 Å². The van der Waals surface area contributed by atoms with Gasteiger partial charge in [-0.25, -0.2) is 4.39 Å². The van der Waals surface area contributed by atoms with E-state index in [2.05, 4.69) is 5.32 Å². The highest BCUT2D eigenvalue weighted by molar-refractivity contribution is 7.17. The normalized spacial score (nSPS) is 12.9. The highest BCUT2D eigenvalue weighted by Crippen LogP contribution is 2.53. The van der Waals surface area contributed by atoms with Crippen LogP contribution in [0.5, 0.6) is 0 Å². The van der Waals surface area contributed by atoms with Gasteiger partial charge in [0.25, 0.3) is 5.91 Å². The maximum atomic E-state index is 14.2. The van der Waals surface area contributed by atoms with Crippen molar-refractivity contribution in [2.75, 3.05) is 11.1 Å². The van der Waals surface area contributed by atoms with Gasteiger partial charge < -0.3 is 11.1 Å². The molecule has 0 bridgehead atoms. The first-order chi connectivity index (χ1) is 12.2. The summed E-state index contributed by atoms with van der Waals surface area (Å²) in [7, 11) is 0. The van der Waals surface area contributed by atoms with Crippen LogP contribution < -0.4 is 11.1 Å². The van der Waals surface area contributed by atoms with Crippen LogP contribution in [0.1, 0.15) is 26.4 Å². The van der Waals surface area contributed by atoms with Gasteiger partial charge in [0.1, 0.15) is 0 Å². The molecule has 0 aliphatic heterocycles. The first-order valence-electron chi connectivity index (χ1n) is 7.29. The summed E-state index contributed by atoms with van der Waals surface area (Å²) < 4.78 is 91.7. The number of thiophene rings is 1. The topological polar surface area (TPSA) is 55.1 Å². The third-order valence-electron chi connectivity index (χ3n) is 3.80. The van der Waals surface area contributed by atoms with Gasteiger partial charge in [-0.15, -0.1) is 11.3 Å². The van der Waals surface area contributed by atoms with Gasteiger partial charge in [0, 0.05) is 11.3 Å². The molecule has 0 saturated heterocycles. The van der Waals surface area contributed by atoms with Crippen molar-refractivity contribution >= 4 is 27.9 Å². The zero-order valence-corrected chi connectivity index (χ0v) is 14.7. The Labute approximate surface area is 153 Å². The van der Waals surface area contributed by atoms with E-state index >= 15 is 0 Å². The molecule has 1 aromatic heterocycles. The summed E-state index contributed by atoms with van der Waals surface area (Å²) in [6, 6.07) is 3.72. The minimum absolute atomic E-state index is 0.0116. The Bertz CT molecular complexity index is 833. The van der Waals surface area contributed by atoms with Crippen LogP contribution in [-0.2, 0) is 5.67 Å². The zero-order chi connectivity index (χ0) is 20.8. The molecule has 2 aromatic rings. The Morgan fingerprint density at radius 1 is 0.963 bits per heavy atom. The summed E-state index contributed by atoms with van der Waals surface area (Å²) >= 11 is 0.949. The van der Waals surface area contributed by atoms with E-state index in [1.54, 1.807) is 0 Å². The minimum atomic E-state index is -6.20. The molecular weight excluding hydrogens is 401 g/mol. The molecule has 0 fully saturated rings. The predicted octanol–water partition coefficient (Wildman–Crippen LogP) is 5.49. The molecule has 0 unspecified atom stereocenters. The van der Waals surface area contributed by atoms with Gasteiger partial charge in [-0.05, 0) is 37.1 Å². The summed E-state index contributed by atoms with van der Waals surface area (Å²) in [6.45, 7) is 2.34. The molecule has 2 rings (SSSR count). The Morgan fingerprint density at radius 2 is 1.44 bits per heavy atom. The molecule has 0 radical (unpaired) electrons. The van der Waals surface area contributed by atoms with Crippen LogP contribution in [0.3, 0.4) is 0 Å². The lowest BCUT2D eigenvalue weighted by Crippen LogP contribution is -2.50. The number of alkyl halides is 7. The van der Waals surface area contributed by atoms with Gasteiger partial charge in [0.2, 0.25) is 0 Å². The highest BCUT2D eigenvalue weighted by atomic mass is 32.1. The summed E-state index contributed by atoms with van der Waals surface area (Å²) in [4.78, 5) is 12.3. The van der Waals surface area contributed by atoms with Crippen LogP contribution >= 0.6 is 11.3 Å². The molecule has 3 N–H and O–H groups in total. The zero-order valence-electron chi connectivity index (χ0n) is 13.8. The van der Waals surface area contributed by atoms with E-state index < -0.39 is 29.5 Å². The van der Waals surface area contributed by atoms with Crippen LogP contribution in [-0.4, -0.2) is 18.3 Å². The monoisotopic (exact) mass is 414 g/mol. The van der Waals surface area contributed by atoms with Crippen molar-refractivity contribution in [1.29, 1.82) is 0 Å². The Hall–Kier alpha value is -2.30. The fourth-order valence-corrected chi connectivity index (χ4v) is 3.17.